The zero-order chi connectivity index (χ0) is 15.7. The molecule has 1 aliphatic rings. The number of nitrogens with zero attached hydrogens (tertiary/aromatic N) is 4. The Bertz CT molecular complexity index is 726. The Morgan fingerprint density at radius 1 is 1.45 bits per heavy atom. The van der Waals surface area contributed by atoms with Crippen molar-refractivity contribution in [2.45, 2.75) is 26.2 Å². The number of likely N-dealkylation sites (tertiary alicyclic amines) is 1. The van der Waals surface area contributed by atoms with E-state index in [1.807, 2.05) is 6.92 Å². The number of carboxylic acid groups (broad SMARTS) is 1. The maximum absolute atomic E-state index is 12.8. The molecule has 22 heavy (non-hydrogen) atoms. The zero-order valence-electron chi connectivity index (χ0n) is 12.4. The summed E-state index contributed by atoms with van der Waals surface area (Å²) in [7, 11) is 0. The van der Waals surface area contributed by atoms with Crippen molar-refractivity contribution in [3.63, 3.8) is 0 Å². The first kappa shape index (κ1) is 14.5. The number of hydrogen-bond acceptors (Lipinski definition) is 4. The molecule has 1 aliphatic heterocycles. The van der Waals surface area contributed by atoms with Crippen LogP contribution in [0.25, 0.3) is 5.65 Å². The van der Waals surface area contributed by atoms with Crippen LogP contribution in [0.3, 0.4) is 0 Å². The Labute approximate surface area is 127 Å². The predicted molar refractivity (Wildman–Crippen MR) is 78.5 cm³/mol. The molecule has 1 amide bonds. The first-order valence-corrected chi connectivity index (χ1v) is 7.38. The van der Waals surface area contributed by atoms with Crippen molar-refractivity contribution in [2.75, 3.05) is 13.1 Å². The van der Waals surface area contributed by atoms with E-state index in [0.717, 1.165) is 0 Å². The highest BCUT2D eigenvalue weighted by atomic mass is 16.4. The summed E-state index contributed by atoms with van der Waals surface area (Å²) < 4.78 is 1.68. The number of pyridine rings is 1. The molecule has 1 saturated heterocycles. The highest BCUT2D eigenvalue weighted by molar-refractivity contribution is 6.00. The number of hydrogen-bond donors (Lipinski definition) is 1. The van der Waals surface area contributed by atoms with Crippen LogP contribution in [0.4, 0.5) is 0 Å². The van der Waals surface area contributed by atoms with Crippen molar-refractivity contribution in [1.82, 2.24) is 19.5 Å². The van der Waals surface area contributed by atoms with Crippen LogP contribution in [-0.2, 0) is 4.79 Å². The van der Waals surface area contributed by atoms with Gasteiger partial charge in [-0.15, -0.1) is 10.2 Å². The Morgan fingerprint density at radius 2 is 2.27 bits per heavy atom. The van der Waals surface area contributed by atoms with Crippen molar-refractivity contribution in [3.8, 4) is 0 Å². The van der Waals surface area contributed by atoms with Crippen molar-refractivity contribution in [3.05, 3.63) is 30.2 Å². The topological polar surface area (TPSA) is 87.8 Å². The lowest BCUT2D eigenvalue weighted by Gasteiger charge is -2.39. The molecule has 0 bridgehead atoms. The van der Waals surface area contributed by atoms with E-state index in [0.29, 0.717) is 37.0 Å². The van der Waals surface area contributed by atoms with Crippen LogP contribution in [0, 0.1) is 5.41 Å². The van der Waals surface area contributed by atoms with Gasteiger partial charge in [-0.2, -0.15) is 0 Å². The number of carboxylic acids is 1. The number of fused-ring (bicyclic) bond motifs is 1. The lowest BCUT2D eigenvalue weighted by molar-refractivity contribution is -0.152. The number of aliphatic carboxylic acids is 1. The molecule has 7 heteroatoms. The molecule has 1 N–H and O–H groups in total. The van der Waals surface area contributed by atoms with Crippen molar-refractivity contribution in [1.29, 1.82) is 0 Å². The van der Waals surface area contributed by atoms with Gasteiger partial charge in [0.2, 0.25) is 0 Å². The Kier molecular flexibility index (Phi) is 3.56. The minimum Gasteiger partial charge on any atom is -0.481 e. The van der Waals surface area contributed by atoms with Gasteiger partial charge in [-0.05, 0) is 31.4 Å². The van der Waals surface area contributed by atoms with E-state index in [1.165, 1.54) is 6.33 Å². The van der Waals surface area contributed by atoms with E-state index in [-0.39, 0.29) is 12.5 Å². The number of piperidine rings is 1. The summed E-state index contributed by atoms with van der Waals surface area (Å²) in [6.07, 6.45) is 5.13. The van der Waals surface area contributed by atoms with Crippen LogP contribution in [0.1, 0.15) is 36.5 Å². The van der Waals surface area contributed by atoms with E-state index in [1.54, 1.807) is 27.6 Å². The first-order chi connectivity index (χ1) is 10.6. The first-order valence-electron chi connectivity index (χ1n) is 7.38. The molecule has 1 atom stereocenters. The maximum atomic E-state index is 12.8. The summed E-state index contributed by atoms with van der Waals surface area (Å²) in [5.74, 6) is -1.01. The zero-order valence-corrected chi connectivity index (χ0v) is 12.4. The molecule has 2 aromatic rings. The SMILES string of the molecule is CC[C@@]1(C(=O)O)CCCN(C(=O)c2cccn3cnnc23)C1. The smallest absolute Gasteiger partial charge is 0.311 e. The predicted octanol–water partition coefficient (Wildman–Crippen LogP) is 1.45. The van der Waals surface area contributed by atoms with Gasteiger partial charge in [0, 0.05) is 19.3 Å². The molecule has 3 heterocycles. The second-order valence-corrected chi connectivity index (χ2v) is 5.75. The lowest BCUT2D eigenvalue weighted by Crippen LogP contribution is -2.49. The summed E-state index contributed by atoms with van der Waals surface area (Å²) >= 11 is 0. The fraction of sp³-hybridized carbons (Fsp3) is 0.467. The average molecular weight is 302 g/mol. The second kappa shape index (κ2) is 5.40. The summed E-state index contributed by atoms with van der Waals surface area (Å²) in [5.41, 5.74) is 0.111. The molecule has 0 aromatic carbocycles. The van der Waals surface area contributed by atoms with E-state index in [2.05, 4.69) is 10.2 Å². The minimum absolute atomic E-state index is 0.183. The normalized spacial score (nSPS) is 22.0. The third kappa shape index (κ3) is 2.22. The number of rotatable bonds is 3. The Hall–Kier alpha value is -2.44. The van der Waals surface area contributed by atoms with Crippen LogP contribution in [0.15, 0.2) is 24.7 Å². The van der Waals surface area contributed by atoms with Gasteiger partial charge in [-0.1, -0.05) is 6.92 Å². The Morgan fingerprint density at radius 3 is 3.00 bits per heavy atom. The van der Waals surface area contributed by atoms with Crippen LogP contribution >= 0.6 is 0 Å². The quantitative estimate of drug-likeness (QED) is 0.927. The average Bonchev–Trinajstić information content (AvgIpc) is 3.02. The molecule has 7 nitrogen and oxygen atoms in total. The Balaban J connectivity index is 1.92. The molecular formula is C15H18N4O3. The molecule has 0 saturated carbocycles. The molecule has 3 rings (SSSR count). The van der Waals surface area contributed by atoms with Crippen molar-refractivity contribution >= 4 is 17.5 Å². The number of amides is 1. The van der Waals surface area contributed by atoms with Gasteiger partial charge in [0.15, 0.2) is 5.65 Å². The summed E-state index contributed by atoms with van der Waals surface area (Å²) in [5, 5.41) is 17.3. The fourth-order valence-corrected chi connectivity index (χ4v) is 3.11. The van der Waals surface area contributed by atoms with Crippen LogP contribution in [0.2, 0.25) is 0 Å². The highest BCUT2D eigenvalue weighted by Gasteiger charge is 2.42. The summed E-state index contributed by atoms with van der Waals surface area (Å²) in [6, 6.07) is 3.47. The number of aromatic nitrogens is 3. The van der Waals surface area contributed by atoms with Gasteiger partial charge >= 0.3 is 5.97 Å². The molecule has 0 radical (unpaired) electrons. The molecule has 2 aromatic heterocycles. The number of carbonyl (C=O) groups is 2. The van der Waals surface area contributed by atoms with E-state index in [9.17, 15) is 14.7 Å². The van der Waals surface area contributed by atoms with Crippen LogP contribution < -0.4 is 0 Å². The van der Waals surface area contributed by atoms with E-state index in [4.69, 9.17) is 0 Å². The molecule has 0 spiro atoms. The number of carbonyl (C=O) groups excluding carboxylic acids is 1. The van der Waals surface area contributed by atoms with Crippen molar-refractivity contribution < 1.29 is 14.7 Å². The monoisotopic (exact) mass is 302 g/mol. The fourth-order valence-electron chi connectivity index (χ4n) is 3.11. The van der Waals surface area contributed by atoms with Gasteiger partial charge in [-0.25, -0.2) is 0 Å². The minimum atomic E-state index is -0.841. The van der Waals surface area contributed by atoms with Gasteiger partial charge in [0.05, 0.1) is 11.0 Å². The summed E-state index contributed by atoms with van der Waals surface area (Å²) in [4.78, 5) is 26.0. The van der Waals surface area contributed by atoms with E-state index >= 15 is 0 Å². The van der Waals surface area contributed by atoms with Crippen LogP contribution in [-0.4, -0.2) is 49.6 Å². The highest BCUT2D eigenvalue weighted by Crippen LogP contribution is 2.34. The van der Waals surface area contributed by atoms with Gasteiger partial charge in [-0.3, -0.25) is 14.0 Å². The largest absolute Gasteiger partial charge is 0.481 e. The summed E-state index contributed by atoms with van der Waals surface area (Å²) in [6.45, 7) is 2.68. The van der Waals surface area contributed by atoms with Crippen LogP contribution in [0.5, 0.6) is 0 Å². The molecule has 0 unspecified atom stereocenters. The van der Waals surface area contributed by atoms with Gasteiger partial charge in [0.25, 0.3) is 5.91 Å². The molecule has 0 aliphatic carbocycles. The molecule has 116 valence electrons. The third-order valence-electron chi connectivity index (χ3n) is 4.55. The molecule has 1 fully saturated rings. The second-order valence-electron chi connectivity index (χ2n) is 5.75. The lowest BCUT2D eigenvalue weighted by atomic mass is 9.77. The standard InChI is InChI=1S/C15H18N4O3/c1-2-15(14(21)22)6-4-8-18(9-15)13(20)11-5-3-7-19-10-16-17-12(11)19/h3,5,7,10H,2,4,6,8-9H2,1H3,(H,21,22)/t15-/m1/s1. The van der Waals surface area contributed by atoms with Crippen molar-refractivity contribution in [2.24, 2.45) is 5.41 Å². The van der Waals surface area contributed by atoms with Gasteiger partial charge in [0.1, 0.15) is 6.33 Å². The molecular weight excluding hydrogens is 284 g/mol. The maximum Gasteiger partial charge on any atom is 0.311 e. The van der Waals surface area contributed by atoms with Gasteiger partial charge < -0.3 is 10.0 Å². The van der Waals surface area contributed by atoms with E-state index < -0.39 is 11.4 Å². The third-order valence-corrected chi connectivity index (χ3v) is 4.55.